The second-order valence-electron chi connectivity index (χ2n) is 6.08. The van der Waals surface area contributed by atoms with Gasteiger partial charge in [-0.3, -0.25) is 9.59 Å². The van der Waals surface area contributed by atoms with Crippen LogP contribution in [0.25, 0.3) is 10.9 Å². The van der Waals surface area contributed by atoms with Gasteiger partial charge in [0.05, 0.1) is 7.11 Å². The summed E-state index contributed by atoms with van der Waals surface area (Å²) in [4.78, 5) is 27.7. The Balaban J connectivity index is 1.56. The Labute approximate surface area is 151 Å². The Morgan fingerprint density at radius 2 is 1.81 bits per heavy atom. The number of hydrogen-bond acceptors (Lipinski definition) is 4. The fourth-order valence-corrected chi connectivity index (χ4v) is 2.87. The van der Waals surface area contributed by atoms with E-state index >= 15 is 0 Å². The van der Waals surface area contributed by atoms with Crippen LogP contribution in [0.3, 0.4) is 0 Å². The molecule has 1 N–H and O–H groups in total. The fourth-order valence-electron chi connectivity index (χ4n) is 2.87. The van der Waals surface area contributed by atoms with Gasteiger partial charge in [0.1, 0.15) is 5.75 Å². The summed E-state index contributed by atoms with van der Waals surface area (Å²) < 4.78 is 10.4. The highest BCUT2D eigenvalue weighted by Gasteiger charge is 2.19. The van der Waals surface area contributed by atoms with Gasteiger partial charge in [0, 0.05) is 29.1 Å². The molecule has 134 valence electrons. The lowest BCUT2D eigenvalue weighted by molar-refractivity contribution is -0.146. The average Bonchev–Trinajstić information content (AvgIpc) is 3.09. The highest BCUT2D eigenvalue weighted by Crippen LogP contribution is 2.19. The van der Waals surface area contributed by atoms with Crippen LogP contribution in [0.2, 0.25) is 0 Å². The van der Waals surface area contributed by atoms with Gasteiger partial charge in [0.15, 0.2) is 6.10 Å². The number of methoxy groups -OCH3 is 1. The minimum absolute atomic E-state index is 0.224. The molecule has 0 bridgehead atoms. The molecule has 0 aliphatic rings. The zero-order valence-corrected chi connectivity index (χ0v) is 14.8. The molecule has 0 spiro atoms. The maximum atomic E-state index is 12.4. The van der Waals surface area contributed by atoms with E-state index in [1.165, 1.54) is 0 Å². The summed E-state index contributed by atoms with van der Waals surface area (Å²) in [6.45, 7) is 1.59. The number of para-hydroxylation sites is 1. The van der Waals surface area contributed by atoms with Crippen molar-refractivity contribution in [2.45, 2.75) is 25.9 Å². The Hall–Kier alpha value is -3.08. The number of aromatic amines is 1. The van der Waals surface area contributed by atoms with E-state index in [0.717, 1.165) is 16.5 Å². The topological polar surface area (TPSA) is 68.4 Å². The van der Waals surface area contributed by atoms with Gasteiger partial charge < -0.3 is 14.5 Å². The van der Waals surface area contributed by atoms with E-state index in [2.05, 4.69) is 4.98 Å². The number of H-pyrrole nitrogens is 1. The van der Waals surface area contributed by atoms with E-state index < -0.39 is 6.10 Å². The Morgan fingerprint density at radius 1 is 1.08 bits per heavy atom. The third-order valence-corrected chi connectivity index (χ3v) is 4.33. The molecule has 3 aromatic rings. The fraction of sp³-hybridized carbons (Fsp3) is 0.238. The minimum atomic E-state index is -0.820. The molecule has 0 aliphatic carbocycles. The molecule has 0 saturated carbocycles. The number of fused-ring (bicyclic) bond motifs is 1. The number of Topliss-reactive ketones (excluding diaryl/α,β-unsaturated/α-hetero) is 1. The number of ether oxygens (including phenoxy) is 2. The monoisotopic (exact) mass is 351 g/mol. The predicted molar refractivity (Wildman–Crippen MR) is 99.5 cm³/mol. The zero-order chi connectivity index (χ0) is 18.5. The highest BCUT2D eigenvalue weighted by atomic mass is 16.5. The maximum Gasteiger partial charge on any atom is 0.306 e. The largest absolute Gasteiger partial charge is 0.497 e. The minimum Gasteiger partial charge on any atom is -0.497 e. The van der Waals surface area contributed by atoms with Gasteiger partial charge in [0.25, 0.3) is 0 Å². The molecule has 1 aromatic heterocycles. The zero-order valence-electron chi connectivity index (χ0n) is 14.8. The molecule has 1 atom stereocenters. The van der Waals surface area contributed by atoms with Crippen LogP contribution in [0, 0.1) is 0 Å². The summed E-state index contributed by atoms with van der Waals surface area (Å²) in [6.07, 6.45) is 1.87. The molecule has 5 heteroatoms. The third kappa shape index (κ3) is 3.94. The normalized spacial score (nSPS) is 11.9. The van der Waals surface area contributed by atoms with Crippen molar-refractivity contribution in [1.29, 1.82) is 0 Å². The van der Waals surface area contributed by atoms with Gasteiger partial charge in [-0.1, -0.05) is 18.2 Å². The first-order valence-corrected chi connectivity index (χ1v) is 8.51. The van der Waals surface area contributed by atoms with Crippen molar-refractivity contribution in [2.24, 2.45) is 0 Å². The van der Waals surface area contributed by atoms with E-state index in [-0.39, 0.29) is 18.2 Å². The van der Waals surface area contributed by atoms with Crippen LogP contribution >= 0.6 is 0 Å². The number of hydrogen-bond donors (Lipinski definition) is 1. The summed E-state index contributed by atoms with van der Waals surface area (Å²) in [7, 11) is 1.56. The molecular formula is C21H21NO4. The average molecular weight is 351 g/mol. The van der Waals surface area contributed by atoms with Crippen LogP contribution in [0.15, 0.2) is 54.7 Å². The van der Waals surface area contributed by atoms with Crippen molar-refractivity contribution in [2.75, 3.05) is 7.11 Å². The molecule has 3 rings (SSSR count). The number of aromatic nitrogens is 1. The summed E-state index contributed by atoms with van der Waals surface area (Å²) in [5.74, 6) is 0.0580. The smallest absolute Gasteiger partial charge is 0.306 e. The van der Waals surface area contributed by atoms with Crippen molar-refractivity contribution in [3.63, 3.8) is 0 Å². The van der Waals surface area contributed by atoms with E-state index in [1.54, 1.807) is 38.3 Å². The van der Waals surface area contributed by atoms with E-state index in [4.69, 9.17) is 9.47 Å². The van der Waals surface area contributed by atoms with E-state index in [0.29, 0.717) is 17.7 Å². The molecule has 0 radical (unpaired) electrons. The molecule has 5 nitrogen and oxygen atoms in total. The summed E-state index contributed by atoms with van der Waals surface area (Å²) in [5.41, 5.74) is 2.59. The molecular weight excluding hydrogens is 330 g/mol. The first-order chi connectivity index (χ1) is 12.6. The van der Waals surface area contributed by atoms with Crippen molar-refractivity contribution in [1.82, 2.24) is 4.98 Å². The second-order valence-corrected chi connectivity index (χ2v) is 6.08. The molecule has 0 saturated heterocycles. The lowest BCUT2D eigenvalue weighted by Crippen LogP contribution is -2.24. The number of esters is 1. The van der Waals surface area contributed by atoms with Crippen molar-refractivity contribution >= 4 is 22.7 Å². The molecule has 26 heavy (non-hydrogen) atoms. The lowest BCUT2D eigenvalue weighted by Gasteiger charge is -2.12. The van der Waals surface area contributed by atoms with Crippen molar-refractivity contribution in [3.05, 3.63) is 65.9 Å². The molecule has 0 unspecified atom stereocenters. The van der Waals surface area contributed by atoms with Crippen molar-refractivity contribution < 1.29 is 19.1 Å². The van der Waals surface area contributed by atoms with Crippen LogP contribution in [0.4, 0.5) is 0 Å². The number of aryl methyl sites for hydroxylation is 1. The van der Waals surface area contributed by atoms with Crippen LogP contribution in [-0.2, 0) is 16.0 Å². The molecule has 0 fully saturated rings. The maximum absolute atomic E-state index is 12.4. The van der Waals surface area contributed by atoms with Crippen LogP contribution in [0.5, 0.6) is 5.75 Å². The van der Waals surface area contributed by atoms with Crippen LogP contribution in [0.1, 0.15) is 29.3 Å². The second kappa shape index (κ2) is 7.87. The van der Waals surface area contributed by atoms with Gasteiger partial charge in [0.2, 0.25) is 5.78 Å². The van der Waals surface area contributed by atoms with Crippen LogP contribution < -0.4 is 4.74 Å². The number of rotatable bonds is 7. The van der Waals surface area contributed by atoms with Gasteiger partial charge in [-0.2, -0.15) is 0 Å². The SMILES string of the molecule is COc1ccc(C(=O)[C@@H](C)OC(=O)CCc2c[nH]c3ccccc23)cc1. The number of carbonyl (C=O) groups excluding carboxylic acids is 2. The Bertz CT molecular complexity index is 911. The quantitative estimate of drug-likeness (QED) is 0.517. The lowest BCUT2D eigenvalue weighted by atomic mass is 10.1. The number of benzene rings is 2. The van der Waals surface area contributed by atoms with Gasteiger partial charge >= 0.3 is 5.97 Å². The van der Waals surface area contributed by atoms with Gasteiger partial charge in [-0.25, -0.2) is 0 Å². The molecule has 0 amide bonds. The standard InChI is InChI=1S/C21H21NO4/c1-14(21(24)15-7-10-17(25-2)11-8-15)26-20(23)12-9-16-13-22-19-6-4-3-5-18(16)19/h3-8,10-11,13-14,22H,9,12H2,1-2H3/t14-/m1/s1. The van der Waals surface area contributed by atoms with Gasteiger partial charge in [-0.05, 0) is 49.2 Å². The third-order valence-electron chi connectivity index (χ3n) is 4.33. The highest BCUT2D eigenvalue weighted by molar-refractivity contribution is 6.00. The first-order valence-electron chi connectivity index (χ1n) is 8.51. The number of ketones is 1. The molecule has 0 aliphatic heterocycles. The summed E-state index contributed by atoms with van der Waals surface area (Å²) in [6, 6.07) is 14.7. The van der Waals surface area contributed by atoms with Crippen molar-refractivity contribution in [3.8, 4) is 5.75 Å². The Morgan fingerprint density at radius 3 is 2.54 bits per heavy atom. The van der Waals surface area contributed by atoms with Crippen LogP contribution in [-0.4, -0.2) is 30.0 Å². The molecule has 1 heterocycles. The number of nitrogens with one attached hydrogen (secondary N) is 1. The Kier molecular flexibility index (Phi) is 5.37. The summed E-state index contributed by atoms with van der Waals surface area (Å²) >= 11 is 0. The molecule has 2 aromatic carbocycles. The number of carbonyl (C=O) groups is 2. The predicted octanol–water partition coefficient (Wildman–Crippen LogP) is 3.92. The summed E-state index contributed by atoms with van der Waals surface area (Å²) in [5, 5.41) is 1.10. The van der Waals surface area contributed by atoms with E-state index in [1.807, 2.05) is 30.5 Å². The van der Waals surface area contributed by atoms with Gasteiger partial charge in [-0.15, -0.1) is 0 Å². The van der Waals surface area contributed by atoms with E-state index in [9.17, 15) is 9.59 Å². The first kappa shape index (κ1) is 17.7.